The molecule has 8 heteroatoms. The van der Waals surface area contributed by atoms with Crippen LogP contribution in [-0.4, -0.2) is 46.4 Å². The molecule has 1 aromatic rings. The van der Waals surface area contributed by atoms with Crippen molar-refractivity contribution in [3.05, 3.63) is 11.8 Å². The minimum atomic E-state index is -0.543. The lowest BCUT2D eigenvalue weighted by molar-refractivity contribution is -0.158. The first-order valence-electron chi connectivity index (χ1n) is 6.96. The molecule has 1 aliphatic heterocycles. The van der Waals surface area contributed by atoms with E-state index in [2.05, 4.69) is 5.10 Å². The van der Waals surface area contributed by atoms with E-state index in [1.54, 1.807) is 18.9 Å². The fourth-order valence-corrected chi connectivity index (χ4v) is 2.09. The van der Waals surface area contributed by atoms with Crippen LogP contribution in [0, 0.1) is 0 Å². The van der Waals surface area contributed by atoms with Gasteiger partial charge in [0.2, 0.25) is 0 Å². The maximum absolute atomic E-state index is 11.8. The number of likely N-dealkylation sites (tertiary alicyclic amines) is 1. The Kier molecular flexibility index (Phi) is 5.02. The normalized spacial score (nSPS) is 14.7. The summed E-state index contributed by atoms with van der Waals surface area (Å²) in [6.45, 7) is 3.31. The molecule has 0 aromatic carbocycles. The van der Waals surface area contributed by atoms with Gasteiger partial charge in [0.05, 0.1) is 6.61 Å². The average Bonchev–Trinajstić information content (AvgIpc) is 2.87. The third-order valence-electron chi connectivity index (χ3n) is 3.15. The number of ether oxygens (including phenoxy) is 1. The first-order valence-corrected chi connectivity index (χ1v) is 6.96. The predicted molar refractivity (Wildman–Crippen MR) is 71.7 cm³/mol. The summed E-state index contributed by atoms with van der Waals surface area (Å²) in [5.74, 6) is -0.476. The van der Waals surface area contributed by atoms with Crippen LogP contribution in [0.25, 0.3) is 0 Å². The molecule has 1 amide bonds. The summed E-state index contributed by atoms with van der Waals surface area (Å²) in [6.07, 6.45) is 2.50. The van der Waals surface area contributed by atoms with Gasteiger partial charge >= 0.3 is 12.1 Å². The van der Waals surface area contributed by atoms with Crippen molar-refractivity contribution in [1.82, 2.24) is 14.7 Å². The van der Waals surface area contributed by atoms with E-state index in [1.165, 1.54) is 10.7 Å². The number of amides is 1. The summed E-state index contributed by atoms with van der Waals surface area (Å²) in [5, 5.41) is 3.93. The summed E-state index contributed by atoms with van der Waals surface area (Å²) >= 11 is 0. The van der Waals surface area contributed by atoms with Crippen LogP contribution in [0.3, 0.4) is 0 Å². The summed E-state index contributed by atoms with van der Waals surface area (Å²) in [6, 6.07) is 1.36. The van der Waals surface area contributed by atoms with E-state index < -0.39 is 12.1 Å². The van der Waals surface area contributed by atoms with Crippen LogP contribution in [-0.2, 0) is 16.7 Å². The first kappa shape index (κ1) is 15.1. The van der Waals surface area contributed by atoms with Crippen LogP contribution in [0.2, 0.25) is 0 Å². The molecule has 1 aliphatic rings. The number of carbonyl (C=O) groups excluding carboxylic acids is 2. The number of hydrogen-bond acceptors (Lipinski definition) is 6. The van der Waals surface area contributed by atoms with E-state index in [9.17, 15) is 9.59 Å². The Morgan fingerprint density at radius 2 is 2.00 bits per heavy atom. The predicted octanol–water partition coefficient (Wildman–Crippen LogP) is 1.51. The molecule has 116 valence electrons. The maximum Gasteiger partial charge on any atom is 0.452 e. The summed E-state index contributed by atoms with van der Waals surface area (Å²) in [4.78, 5) is 34.6. The molecule has 0 N–H and O–H groups in total. The number of nitrogens with zero attached hydrogens (tertiary/aromatic N) is 3. The van der Waals surface area contributed by atoms with Crippen molar-refractivity contribution in [2.24, 2.45) is 7.05 Å². The van der Waals surface area contributed by atoms with Crippen LogP contribution in [0.1, 0.15) is 36.7 Å². The van der Waals surface area contributed by atoms with E-state index in [1.807, 2.05) is 0 Å². The lowest BCUT2D eigenvalue weighted by atomic mass is 10.1. The summed E-state index contributed by atoms with van der Waals surface area (Å²) in [5.41, 5.74) is 0.223. The molecule has 1 fully saturated rings. The second-order valence-corrected chi connectivity index (χ2v) is 4.69. The molecule has 0 bridgehead atoms. The Hall–Kier alpha value is -2.25. The molecule has 1 aromatic heterocycles. The number of rotatable bonds is 4. The average molecular weight is 297 g/mol. The van der Waals surface area contributed by atoms with Crippen molar-refractivity contribution in [1.29, 1.82) is 0 Å². The van der Waals surface area contributed by atoms with Crippen LogP contribution in [0.5, 0.6) is 5.88 Å². The standard InChI is InChI=1S/C13H19N3O5/c1-3-19-12(17)10-9-11(14-15(10)2)20-21-13(18)16-7-5-4-6-8-16/h9H,3-8H2,1-2H3. The molecule has 0 unspecified atom stereocenters. The van der Waals surface area contributed by atoms with Gasteiger partial charge in [-0.1, -0.05) is 0 Å². The highest BCUT2D eigenvalue weighted by Gasteiger charge is 2.21. The van der Waals surface area contributed by atoms with Gasteiger partial charge in [-0.15, -0.1) is 5.10 Å². The Balaban J connectivity index is 1.89. The molecule has 21 heavy (non-hydrogen) atoms. The Labute approximate surface area is 122 Å². The van der Waals surface area contributed by atoms with Gasteiger partial charge in [-0.2, -0.15) is 0 Å². The number of piperidine rings is 1. The minimum absolute atomic E-state index is 0.0333. The molecule has 2 rings (SSSR count). The zero-order valence-corrected chi connectivity index (χ0v) is 12.2. The highest BCUT2D eigenvalue weighted by molar-refractivity contribution is 5.87. The van der Waals surface area contributed by atoms with Gasteiger partial charge in [0.1, 0.15) is 5.69 Å². The number of aryl methyl sites for hydroxylation is 1. The monoisotopic (exact) mass is 297 g/mol. The highest BCUT2D eigenvalue weighted by Crippen LogP contribution is 2.14. The Morgan fingerprint density at radius 3 is 2.67 bits per heavy atom. The summed E-state index contributed by atoms with van der Waals surface area (Å²) in [7, 11) is 1.57. The molecule has 2 heterocycles. The van der Waals surface area contributed by atoms with Crippen molar-refractivity contribution in [2.75, 3.05) is 19.7 Å². The largest absolute Gasteiger partial charge is 0.461 e. The molecule has 0 spiro atoms. The van der Waals surface area contributed by atoms with E-state index in [0.29, 0.717) is 13.1 Å². The van der Waals surface area contributed by atoms with Crippen molar-refractivity contribution >= 4 is 12.1 Å². The van der Waals surface area contributed by atoms with Gasteiger partial charge in [-0.25, -0.2) is 14.5 Å². The highest BCUT2D eigenvalue weighted by atomic mass is 17.2. The van der Waals surface area contributed by atoms with Crippen molar-refractivity contribution in [3.8, 4) is 5.88 Å². The fraction of sp³-hybridized carbons (Fsp3) is 0.615. The van der Waals surface area contributed by atoms with Gasteiger partial charge < -0.3 is 9.64 Å². The maximum atomic E-state index is 11.8. The van der Waals surface area contributed by atoms with Crippen molar-refractivity contribution in [3.63, 3.8) is 0 Å². The Bertz CT molecular complexity index is 508. The molecular formula is C13H19N3O5. The second-order valence-electron chi connectivity index (χ2n) is 4.69. The topological polar surface area (TPSA) is 82.9 Å². The minimum Gasteiger partial charge on any atom is -0.461 e. The molecule has 0 atom stereocenters. The molecular weight excluding hydrogens is 278 g/mol. The van der Waals surface area contributed by atoms with Gasteiger partial charge in [0.25, 0.3) is 5.88 Å². The molecule has 0 radical (unpaired) electrons. The van der Waals surface area contributed by atoms with Gasteiger partial charge in [0.15, 0.2) is 0 Å². The van der Waals surface area contributed by atoms with E-state index in [0.717, 1.165) is 19.3 Å². The van der Waals surface area contributed by atoms with E-state index in [-0.39, 0.29) is 18.2 Å². The molecule has 0 aliphatic carbocycles. The van der Waals surface area contributed by atoms with Crippen molar-refractivity contribution < 1.29 is 24.1 Å². The number of esters is 1. The molecule has 0 saturated carbocycles. The molecule has 1 saturated heterocycles. The fourth-order valence-electron chi connectivity index (χ4n) is 2.09. The quantitative estimate of drug-likeness (QED) is 0.476. The third-order valence-corrected chi connectivity index (χ3v) is 3.15. The number of aromatic nitrogens is 2. The lowest BCUT2D eigenvalue weighted by Gasteiger charge is -2.24. The van der Waals surface area contributed by atoms with Crippen LogP contribution >= 0.6 is 0 Å². The van der Waals surface area contributed by atoms with Gasteiger partial charge in [-0.05, 0) is 26.2 Å². The zero-order chi connectivity index (χ0) is 15.2. The number of carbonyl (C=O) groups is 2. The SMILES string of the molecule is CCOC(=O)c1cc(OOC(=O)N2CCCCC2)nn1C. The molecule has 8 nitrogen and oxygen atoms in total. The van der Waals surface area contributed by atoms with Gasteiger partial charge in [-0.3, -0.25) is 9.57 Å². The van der Waals surface area contributed by atoms with Crippen LogP contribution < -0.4 is 4.89 Å². The lowest BCUT2D eigenvalue weighted by Crippen LogP contribution is -2.36. The summed E-state index contributed by atoms with van der Waals surface area (Å²) < 4.78 is 6.18. The van der Waals surface area contributed by atoms with Crippen molar-refractivity contribution in [2.45, 2.75) is 26.2 Å². The Morgan fingerprint density at radius 1 is 1.29 bits per heavy atom. The zero-order valence-electron chi connectivity index (χ0n) is 12.2. The first-order chi connectivity index (χ1) is 10.1. The van der Waals surface area contributed by atoms with Crippen LogP contribution in [0.15, 0.2) is 6.07 Å². The third kappa shape index (κ3) is 3.87. The second kappa shape index (κ2) is 6.96. The van der Waals surface area contributed by atoms with Gasteiger partial charge in [0, 0.05) is 26.2 Å². The van der Waals surface area contributed by atoms with E-state index >= 15 is 0 Å². The number of hydrogen-bond donors (Lipinski definition) is 0. The smallest absolute Gasteiger partial charge is 0.452 e. The van der Waals surface area contributed by atoms with E-state index in [4.69, 9.17) is 14.5 Å². The van der Waals surface area contributed by atoms with Crippen LogP contribution in [0.4, 0.5) is 4.79 Å².